The quantitative estimate of drug-likeness (QED) is 0.693. The van der Waals surface area contributed by atoms with Crippen LogP contribution in [0, 0.1) is 5.41 Å². The van der Waals surface area contributed by atoms with Crippen LogP contribution in [0.3, 0.4) is 0 Å². The number of ether oxygens (including phenoxy) is 1. The molecule has 1 rings (SSSR count). The summed E-state index contributed by atoms with van der Waals surface area (Å²) < 4.78 is 7.58. The van der Waals surface area contributed by atoms with E-state index in [0.29, 0.717) is 12.0 Å². The van der Waals surface area contributed by atoms with E-state index in [4.69, 9.17) is 4.74 Å². The summed E-state index contributed by atoms with van der Waals surface area (Å²) in [6.07, 6.45) is 1.18. The Hall–Kier alpha value is -0.0600. The van der Waals surface area contributed by atoms with Crippen molar-refractivity contribution in [1.82, 2.24) is 5.32 Å². The largest absolute Gasteiger partial charge is 0.492 e. The maximum Gasteiger partial charge on any atom is 0.147 e. The fourth-order valence-electron chi connectivity index (χ4n) is 1.67. The number of halogens is 2. The Morgan fingerprint density at radius 1 is 1.16 bits per heavy atom. The first-order chi connectivity index (χ1) is 8.89. The Bertz CT molecular complexity index is 396. The lowest BCUT2D eigenvalue weighted by Crippen LogP contribution is -2.28. The van der Waals surface area contributed by atoms with Crippen LogP contribution in [0.1, 0.15) is 39.7 Å². The van der Waals surface area contributed by atoms with Crippen LogP contribution in [-0.2, 0) is 6.54 Å². The van der Waals surface area contributed by atoms with Crippen LogP contribution in [0.2, 0.25) is 0 Å². The predicted octanol–water partition coefficient (Wildman–Crippen LogP) is 5.14. The first kappa shape index (κ1) is 17.0. The van der Waals surface area contributed by atoms with Gasteiger partial charge >= 0.3 is 0 Å². The highest BCUT2D eigenvalue weighted by atomic mass is 79.9. The molecule has 1 N–H and O–H groups in total. The summed E-state index contributed by atoms with van der Waals surface area (Å²) in [5, 5.41) is 3.52. The molecule has 2 nitrogen and oxygen atoms in total. The van der Waals surface area contributed by atoms with Crippen molar-refractivity contribution in [2.45, 2.75) is 40.7 Å². The minimum absolute atomic E-state index is 0.347. The van der Waals surface area contributed by atoms with Gasteiger partial charge in [-0.25, -0.2) is 0 Å². The number of hydrogen-bond donors (Lipinski definition) is 1. The van der Waals surface area contributed by atoms with Crippen LogP contribution < -0.4 is 10.1 Å². The first-order valence-corrected chi connectivity index (χ1v) is 8.29. The zero-order valence-corrected chi connectivity index (χ0v) is 15.3. The number of hydrogen-bond acceptors (Lipinski definition) is 2. The molecule has 0 aliphatic carbocycles. The molecule has 1 aromatic rings. The molecule has 0 saturated carbocycles. The standard InChI is InChI=1S/C15H23Br2NO/c1-5-15(3,4)10-18-9-11-7-12(16)14(19-6-2)13(17)8-11/h7-8,18H,5-6,9-10H2,1-4H3. The summed E-state index contributed by atoms with van der Waals surface area (Å²) in [5.74, 6) is 0.875. The molecule has 0 heterocycles. The topological polar surface area (TPSA) is 21.3 Å². The van der Waals surface area contributed by atoms with Crippen LogP contribution in [0.5, 0.6) is 5.75 Å². The lowest BCUT2D eigenvalue weighted by molar-refractivity contribution is 0.327. The zero-order chi connectivity index (χ0) is 14.5. The van der Waals surface area contributed by atoms with Crippen LogP contribution >= 0.6 is 31.9 Å². The molecule has 0 spiro atoms. The van der Waals surface area contributed by atoms with Crippen molar-refractivity contribution in [2.24, 2.45) is 5.41 Å². The summed E-state index contributed by atoms with van der Waals surface area (Å²) in [7, 11) is 0. The summed E-state index contributed by atoms with van der Waals surface area (Å²) in [6, 6.07) is 4.23. The lowest BCUT2D eigenvalue weighted by Gasteiger charge is -2.23. The Morgan fingerprint density at radius 3 is 2.21 bits per heavy atom. The van der Waals surface area contributed by atoms with Crippen molar-refractivity contribution >= 4 is 31.9 Å². The third-order valence-corrected chi connectivity index (χ3v) is 4.41. The van der Waals surface area contributed by atoms with E-state index < -0.39 is 0 Å². The molecule has 19 heavy (non-hydrogen) atoms. The highest BCUT2D eigenvalue weighted by Gasteiger charge is 2.14. The van der Waals surface area contributed by atoms with E-state index in [2.05, 4.69) is 70.1 Å². The van der Waals surface area contributed by atoms with Gasteiger partial charge in [-0.2, -0.15) is 0 Å². The van der Waals surface area contributed by atoms with Crippen molar-refractivity contribution in [3.05, 3.63) is 26.6 Å². The van der Waals surface area contributed by atoms with E-state index in [1.165, 1.54) is 12.0 Å². The molecule has 0 radical (unpaired) electrons. The molecular formula is C15H23Br2NO. The Kier molecular flexibility index (Phi) is 6.84. The second-order valence-corrected chi connectivity index (χ2v) is 7.15. The summed E-state index contributed by atoms with van der Waals surface area (Å²) in [6.45, 7) is 11.3. The fraction of sp³-hybridized carbons (Fsp3) is 0.600. The molecular weight excluding hydrogens is 370 g/mol. The van der Waals surface area contributed by atoms with Crippen molar-refractivity contribution < 1.29 is 4.74 Å². The third kappa shape index (κ3) is 5.44. The van der Waals surface area contributed by atoms with Crippen LogP contribution in [0.25, 0.3) is 0 Å². The van der Waals surface area contributed by atoms with Crippen LogP contribution in [-0.4, -0.2) is 13.2 Å². The van der Waals surface area contributed by atoms with E-state index in [0.717, 1.165) is 27.8 Å². The molecule has 0 aliphatic rings. The fourth-order valence-corrected chi connectivity index (χ4v) is 3.18. The normalized spacial score (nSPS) is 11.7. The van der Waals surface area contributed by atoms with Crippen molar-refractivity contribution in [3.63, 3.8) is 0 Å². The van der Waals surface area contributed by atoms with Gasteiger partial charge in [-0.1, -0.05) is 20.8 Å². The summed E-state index contributed by atoms with van der Waals surface area (Å²) in [5.41, 5.74) is 1.59. The van der Waals surface area contributed by atoms with Gasteiger partial charge in [0.1, 0.15) is 5.75 Å². The van der Waals surface area contributed by atoms with Gasteiger partial charge in [0.15, 0.2) is 0 Å². The highest BCUT2D eigenvalue weighted by Crippen LogP contribution is 2.34. The lowest BCUT2D eigenvalue weighted by atomic mass is 9.90. The molecule has 4 heteroatoms. The molecule has 0 amide bonds. The number of benzene rings is 1. The van der Waals surface area contributed by atoms with E-state index in [1.807, 2.05) is 6.92 Å². The van der Waals surface area contributed by atoms with Gasteiger partial charge in [0, 0.05) is 13.1 Å². The van der Waals surface area contributed by atoms with Crippen LogP contribution in [0.15, 0.2) is 21.1 Å². The van der Waals surface area contributed by atoms with Crippen molar-refractivity contribution in [3.8, 4) is 5.75 Å². The van der Waals surface area contributed by atoms with E-state index >= 15 is 0 Å². The smallest absolute Gasteiger partial charge is 0.147 e. The molecule has 0 atom stereocenters. The second kappa shape index (κ2) is 7.65. The molecule has 1 aromatic carbocycles. The SMILES string of the molecule is CCOc1c(Br)cc(CNCC(C)(C)CC)cc1Br. The Labute approximate surface area is 133 Å². The molecule has 0 aliphatic heterocycles. The van der Waals surface area contributed by atoms with E-state index in [-0.39, 0.29) is 0 Å². The monoisotopic (exact) mass is 391 g/mol. The maximum atomic E-state index is 5.58. The van der Waals surface area contributed by atoms with E-state index in [9.17, 15) is 0 Å². The van der Waals surface area contributed by atoms with Gasteiger partial charge in [-0.05, 0) is 68.3 Å². The summed E-state index contributed by atoms with van der Waals surface area (Å²) in [4.78, 5) is 0. The maximum absolute atomic E-state index is 5.58. The molecule has 108 valence electrons. The average Bonchev–Trinajstić information content (AvgIpc) is 2.34. The van der Waals surface area contributed by atoms with Crippen molar-refractivity contribution in [1.29, 1.82) is 0 Å². The van der Waals surface area contributed by atoms with Gasteiger partial charge in [0.25, 0.3) is 0 Å². The highest BCUT2D eigenvalue weighted by molar-refractivity contribution is 9.11. The molecule has 0 fully saturated rings. The number of nitrogens with one attached hydrogen (secondary N) is 1. The van der Waals surface area contributed by atoms with E-state index in [1.54, 1.807) is 0 Å². The van der Waals surface area contributed by atoms with Crippen molar-refractivity contribution in [2.75, 3.05) is 13.2 Å². The predicted molar refractivity (Wildman–Crippen MR) is 88.8 cm³/mol. The molecule has 0 saturated heterocycles. The average molecular weight is 393 g/mol. The second-order valence-electron chi connectivity index (χ2n) is 5.44. The Morgan fingerprint density at radius 2 is 1.74 bits per heavy atom. The molecule has 0 unspecified atom stereocenters. The molecule has 0 bridgehead atoms. The number of rotatable bonds is 7. The summed E-state index contributed by atoms with van der Waals surface area (Å²) >= 11 is 7.12. The molecule has 0 aromatic heterocycles. The van der Waals surface area contributed by atoms with Gasteiger partial charge in [-0.3, -0.25) is 0 Å². The van der Waals surface area contributed by atoms with Gasteiger partial charge in [0.2, 0.25) is 0 Å². The van der Waals surface area contributed by atoms with Gasteiger partial charge < -0.3 is 10.1 Å². The third-order valence-electron chi connectivity index (χ3n) is 3.24. The van der Waals surface area contributed by atoms with Gasteiger partial charge in [-0.15, -0.1) is 0 Å². The van der Waals surface area contributed by atoms with Crippen LogP contribution in [0.4, 0.5) is 0 Å². The first-order valence-electron chi connectivity index (χ1n) is 6.71. The van der Waals surface area contributed by atoms with Gasteiger partial charge in [0.05, 0.1) is 15.6 Å². The minimum atomic E-state index is 0.347. The Balaban J connectivity index is 2.66. The zero-order valence-electron chi connectivity index (χ0n) is 12.1. The minimum Gasteiger partial charge on any atom is -0.492 e.